The fourth-order valence-corrected chi connectivity index (χ4v) is 6.84. The molecule has 3 aromatic rings. The molecule has 4 rings (SSSR count). The summed E-state index contributed by atoms with van der Waals surface area (Å²) < 4.78 is 62.6. The number of aliphatic hydroxyl groups excluding tert-OH is 1. The van der Waals surface area contributed by atoms with Gasteiger partial charge in [-0.3, -0.25) is 18.2 Å². The number of nitrogens with one attached hydrogen (secondary N) is 3. The Bertz CT molecular complexity index is 1420. The molecule has 1 saturated heterocycles. The molecule has 1 aliphatic heterocycles. The topological polar surface area (TPSA) is 117 Å². The third-order valence-electron chi connectivity index (χ3n) is 7.73. The summed E-state index contributed by atoms with van der Waals surface area (Å²) in [5.74, 6) is -0.200. The lowest BCUT2D eigenvalue weighted by atomic mass is 9.92. The van der Waals surface area contributed by atoms with Gasteiger partial charge in [0.25, 0.3) is 5.91 Å². The Morgan fingerprint density at radius 1 is 1.00 bits per heavy atom. The number of alkyl halides is 3. The first kappa shape index (κ1) is 33.6. The first-order valence-electron chi connectivity index (χ1n) is 14.6. The molecule has 1 heterocycles. The summed E-state index contributed by atoms with van der Waals surface area (Å²) in [6.45, 7) is 6.40. The summed E-state index contributed by atoms with van der Waals surface area (Å²) in [7, 11) is -2.98. The molecule has 6 N–H and O–H groups in total. The van der Waals surface area contributed by atoms with E-state index in [0.29, 0.717) is 42.9 Å². The molecule has 1 amide bonds. The summed E-state index contributed by atoms with van der Waals surface area (Å²) in [6, 6.07) is 18.7. The molecule has 0 bridgehead atoms. The number of aliphatic hydroxyl groups is 1. The molecular formula is C32H41F3N4O4S. The van der Waals surface area contributed by atoms with Crippen molar-refractivity contribution in [2.75, 3.05) is 35.0 Å². The van der Waals surface area contributed by atoms with Gasteiger partial charge in [0.1, 0.15) is 0 Å². The van der Waals surface area contributed by atoms with Crippen LogP contribution in [0.2, 0.25) is 0 Å². The molecule has 1 fully saturated rings. The van der Waals surface area contributed by atoms with Crippen LogP contribution in [0.15, 0.2) is 72.8 Å². The van der Waals surface area contributed by atoms with Gasteiger partial charge in [-0.25, -0.2) is 0 Å². The van der Waals surface area contributed by atoms with E-state index in [2.05, 4.69) is 16.0 Å². The van der Waals surface area contributed by atoms with Crippen molar-refractivity contribution in [2.24, 2.45) is 0 Å². The van der Waals surface area contributed by atoms with Crippen molar-refractivity contribution in [1.82, 2.24) is 10.6 Å². The zero-order valence-corrected chi connectivity index (χ0v) is 25.9. The van der Waals surface area contributed by atoms with Gasteiger partial charge in [0.2, 0.25) is 0 Å². The maximum atomic E-state index is 13.7. The molecule has 0 spiro atoms. The number of carbonyl (C=O) groups excluding carboxylic acids is 1. The van der Waals surface area contributed by atoms with Crippen LogP contribution >= 0.6 is 10.8 Å². The summed E-state index contributed by atoms with van der Waals surface area (Å²) >= 11 is 0. The third-order valence-corrected chi connectivity index (χ3v) is 9.66. The van der Waals surface area contributed by atoms with Crippen LogP contribution in [0, 0.1) is 0 Å². The maximum Gasteiger partial charge on any atom is 0.416 e. The minimum atomic E-state index is -4.48. The molecule has 240 valence electrons. The quantitative estimate of drug-likeness (QED) is 0.140. The Balaban J connectivity index is 1.56. The van der Waals surface area contributed by atoms with Crippen molar-refractivity contribution in [1.29, 1.82) is 0 Å². The lowest BCUT2D eigenvalue weighted by Gasteiger charge is -2.38. The normalized spacial score (nSPS) is 17.2. The number of halogens is 3. The monoisotopic (exact) mass is 634 g/mol. The second-order valence-electron chi connectivity index (χ2n) is 11.5. The van der Waals surface area contributed by atoms with Gasteiger partial charge in [-0.05, 0) is 75.1 Å². The Morgan fingerprint density at radius 2 is 1.70 bits per heavy atom. The lowest BCUT2D eigenvalue weighted by molar-refractivity contribution is -0.137. The largest absolute Gasteiger partial charge is 0.416 e. The van der Waals surface area contributed by atoms with E-state index in [1.807, 2.05) is 37.3 Å². The highest BCUT2D eigenvalue weighted by molar-refractivity contribution is 8.25. The van der Waals surface area contributed by atoms with Gasteiger partial charge in [0, 0.05) is 36.4 Å². The first-order valence-corrected chi connectivity index (χ1v) is 16.2. The van der Waals surface area contributed by atoms with Crippen molar-refractivity contribution >= 4 is 28.1 Å². The standard InChI is InChI=1S/C32H41F3N4O4S/c1-4-36-26-17-23(18-27(20-26)39-14-9-15-44(39,42)43)30(41)38-28(16-22-10-6-5-7-11-22)29(40)21-37-31(2,3)24-12-8-13-25(19-24)32(33,34)35/h5-8,10-13,17-20,28-29,36-37,40,42-43H,4,9,14-16,21H2,1-3H3,(H,38,41)/t28-,29-/m0/s1. The number of nitrogens with zero attached hydrogens (tertiary/aromatic N) is 1. The van der Waals surface area contributed by atoms with E-state index in [9.17, 15) is 32.2 Å². The van der Waals surface area contributed by atoms with Crippen LogP contribution in [-0.2, 0) is 18.1 Å². The van der Waals surface area contributed by atoms with E-state index in [0.717, 1.165) is 17.7 Å². The van der Waals surface area contributed by atoms with Crippen LogP contribution in [-0.4, -0.2) is 57.7 Å². The Morgan fingerprint density at radius 3 is 2.34 bits per heavy atom. The van der Waals surface area contributed by atoms with E-state index in [-0.39, 0.29) is 17.9 Å². The summed E-state index contributed by atoms with van der Waals surface area (Å²) in [6.07, 6.45) is -4.67. The fourth-order valence-electron chi connectivity index (χ4n) is 5.24. The van der Waals surface area contributed by atoms with Gasteiger partial charge >= 0.3 is 6.18 Å². The van der Waals surface area contributed by atoms with E-state index in [1.54, 1.807) is 38.1 Å². The van der Waals surface area contributed by atoms with Crippen molar-refractivity contribution in [2.45, 2.75) is 57.5 Å². The van der Waals surface area contributed by atoms with Crippen molar-refractivity contribution in [3.8, 4) is 0 Å². The van der Waals surface area contributed by atoms with E-state index in [4.69, 9.17) is 0 Å². The number of hydrogen-bond donors (Lipinski definition) is 6. The molecule has 8 nitrogen and oxygen atoms in total. The van der Waals surface area contributed by atoms with E-state index in [1.165, 1.54) is 10.4 Å². The number of carbonyl (C=O) groups is 1. The van der Waals surface area contributed by atoms with Gasteiger partial charge in [0.05, 0.1) is 29.1 Å². The van der Waals surface area contributed by atoms with E-state index < -0.39 is 46.1 Å². The molecule has 2 atom stereocenters. The van der Waals surface area contributed by atoms with E-state index >= 15 is 0 Å². The highest BCUT2D eigenvalue weighted by Crippen LogP contribution is 2.51. The lowest BCUT2D eigenvalue weighted by Crippen LogP contribution is -2.51. The number of anilines is 2. The van der Waals surface area contributed by atoms with Crippen molar-refractivity contribution in [3.05, 3.63) is 95.1 Å². The van der Waals surface area contributed by atoms with Crippen molar-refractivity contribution in [3.63, 3.8) is 0 Å². The van der Waals surface area contributed by atoms with Gasteiger partial charge in [-0.2, -0.15) is 13.2 Å². The van der Waals surface area contributed by atoms with Crippen LogP contribution in [0.1, 0.15) is 54.2 Å². The number of amides is 1. The number of rotatable bonds is 12. The Hall–Kier alpha value is -3.29. The smallest absolute Gasteiger partial charge is 0.390 e. The average molecular weight is 635 g/mol. The second-order valence-corrected chi connectivity index (χ2v) is 13.6. The molecule has 3 aromatic carbocycles. The summed E-state index contributed by atoms with van der Waals surface area (Å²) in [5, 5.41) is 20.7. The predicted octanol–water partition coefficient (Wildman–Crippen LogP) is 6.24. The Kier molecular flexibility index (Phi) is 10.5. The average Bonchev–Trinajstić information content (AvgIpc) is 3.34. The first-order chi connectivity index (χ1) is 20.7. The fraction of sp³-hybridized carbons (Fsp3) is 0.406. The molecular weight excluding hydrogens is 593 g/mol. The van der Waals surface area contributed by atoms with Crippen molar-refractivity contribution < 1.29 is 32.2 Å². The highest BCUT2D eigenvalue weighted by Gasteiger charge is 2.33. The predicted molar refractivity (Wildman–Crippen MR) is 170 cm³/mol. The molecule has 0 saturated carbocycles. The molecule has 0 radical (unpaired) electrons. The highest BCUT2D eigenvalue weighted by atomic mass is 32.3. The van der Waals surface area contributed by atoms with Crippen LogP contribution in [0.4, 0.5) is 24.5 Å². The minimum absolute atomic E-state index is 0.0155. The minimum Gasteiger partial charge on any atom is -0.390 e. The molecule has 1 aliphatic rings. The van der Waals surface area contributed by atoms with Gasteiger partial charge in [-0.15, -0.1) is 10.8 Å². The van der Waals surface area contributed by atoms with Crippen LogP contribution in [0.25, 0.3) is 0 Å². The van der Waals surface area contributed by atoms with Crippen LogP contribution in [0.3, 0.4) is 0 Å². The van der Waals surface area contributed by atoms with Gasteiger partial charge in [-0.1, -0.05) is 42.5 Å². The zero-order chi connectivity index (χ0) is 32.1. The van der Waals surface area contributed by atoms with Crippen LogP contribution < -0.4 is 20.3 Å². The zero-order valence-electron chi connectivity index (χ0n) is 25.1. The van der Waals surface area contributed by atoms with Gasteiger partial charge in [0.15, 0.2) is 0 Å². The summed E-state index contributed by atoms with van der Waals surface area (Å²) in [4.78, 5) is 13.7. The third kappa shape index (κ3) is 8.45. The van der Waals surface area contributed by atoms with Crippen LogP contribution in [0.5, 0.6) is 0 Å². The summed E-state index contributed by atoms with van der Waals surface area (Å²) in [5.41, 5.74) is 1.04. The molecule has 0 unspecified atom stereocenters. The molecule has 0 aliphatic carbocycles. The number of benzene rings is 3. The molecule has 44 heavy (non-hydrogen) atoms. The second kappa shape index (κ2) is 13.8. The molecule has 12 heteroatoms. The van der Waals surface area contributed by atoms with Gasteiger partial charge < -0.3 is 21.1 Å². The number of hydrogen-bond acceptors (Lipinski definition) is 7. The molecule has 0 aromatic heterocycles. The Labute approximate surface area is 258 Å². The maximum absolute atomic E-state index is 13.7. The SMILES string of the molecule is CCNc1cc(C(=O)N[C@@H](Cc2ccccc2)[C@@H](O)CNC(C)(C)c2cccc(C(F)(F)F)c2)cc(N2CCCS2(O)O)c1.